The smallest absolute Gasteiger partial charge is 0.280 e. The number of carbonyl (C=O) groups is 1. The minimum Gasteiger partial charge on any atom is -0.494 e. The standard InChI is InChI=1S/C30H25N5O3S/c1-2-38-24-18-16-23(17-19-24)32-30(39)31-22-14-12-21(13-15-22)28(36)34-35-27(20-8-4-3-5-9-20)33-26-11-7-6-10-25(26)29(35)37/h3-19H,2H2,1H3,(H,34,36)(H2,31,32,39). The summed E-state index contributed by atoms with van der Waals surface area (Å²) in [4.78, 5) is 31.2. The molecule has 5 rings (SSSR count). The van der Waals surface area contributed by atoms with Crippen LogP contribution in [0.4, 0.5) is 11.4 Å². The van der Waals surface area contributed by atoms with Gasteiger partial charge in [-0.2, -0.15) is 4.68 Å². The summed E-state index contributed by atoms with van der Waals surface area (Å²) in [6.45, 7) is 2.54. The van der Waals surface area contributed by atoms with Crippen molar-refractivity contribution in [3.05, 3.63) is 119 Å². The molecule has 39 heavy (non-hydrogen) atoms. The van der Waals surface area contributed by atoms with Crippen LogP contribution in [-0.4, -0.2) is 27.3 Å². The molecule has 1 heterocycles. The molecule has 0 radical (unpaired) electrons. The summed E-state index contributed by atoms with van der Waals surface area (Å²) in [5, 5.41) is 7.02. The van der Waals surface area contributed by atoms with Gasteiger partial charge in [0.25, 0.3) is 11.5 Å². The van der Waals surface area contributed by atoms with Crippen LogP contribution in [0, 0.1) is 0 Å². The van der Waals surface area contributed by atoms with Gasteiger partial charge in [-0.3, -0.25) is 15.0 Å². The molecule has 194 valence electrons. The van der Waals surface area contributed by atoms with Crippen LogP contribution in [-0.2, 0) is 0 Å². The zero-order valence-electron chi connectivity index (χ0n) is 21.0. The van der Waals surface area contributed by atoms with Crippen molar-refractivity contribution in [1.82, 2.24) is 9.66 Å². The van der Waals surface area contributed by atoms with E-state index in [1.807, 2.05) is 67.6 Å². The molecule has 8 nitrogen and oxygen atoms in total. The van der Waals surface area contributed by atoms with Gasteiger partial charge in [0.2, 0.25) is 0 Å². The lowest BCUT2D eigenvalue weighted by Crippen LogP contribution is -2.35. The fourth-order valence-electron chi connectivity index (χ4n) is 3.98. The van der Waals surface area contributed by atoms with Crippen molar-refractivity contribution in [3.8, 4) is 17.1 Å². The minimum atomic E-state index is -0.451. The number of anilines is 2. The second kappa shape index (κ2) is 11.6. The largest absolute Gasteiger partial charge is 0.494 e. The topological polar surface area (TPSA) is 97.3 Å². The van der Waals surface area contributed by atoms with Gasteiger partial charge in [0.05, 0.1) is 17.5 Å². The summed E-state index contributed by atoms with van der Waals surface area (Å²) < 4.78 is 6.65. The van der Waals surface area contributed by atoms with E-state index < -0.39 is 5.91 Å². The maximum Gasteiger partial charge on any atom is 0.280 e. The second-order valence-electron chi connectivity index (χ2n) is 8.51. The van der Waals surface area contributed by atoms with Crippen LogP contribution in [0.1, 0.15) is 17.3 Å². The van der Waals surface area contributed by atoms with Gasteiger partial charge in [-0.1, -0.05) is 42.5 Å². The molecule has 0 saturated carbocycles. The van der Waals surface area contributed by atoms with Crippen LogP contribution in [0.3, 0.4) is 0 Å². The fraction of sp³-hybridized carbons (Fsp3) is 0.0667. The molecule has 0 aliphatic carbocycles. The summed E-state index contributed by atoms with van der Waals surface area (Å²) in [5.41, 5.74) is 5.50. The zero-order valence-corrected chi connectivity index (χ0v) is 21.9. The van der Waals surface area contributed by atoms with E-state index in [4.69, 9.17) is 17.0 Å². The molecular weight excluding hydrogens is 510 g/mol. The first-order chi connectivity index (χ1) is 19.0. The Bertz CT molecular complexity index is 1690. The van der Waals surface area contributed by atoms with E-state index in [9.17, 15) is 9.59 Å². The number of ether oxygens (including phenoxy) is 1. The van der Waals surface area contributed by atoms with E-state index in [0.717, 1.165) is 11.4 Å². The average Bonchev–Trinajstić information content (AvgIpc) is 2.96. The summed E-state index contributed by atoms with van der Waals surface area (Å²) >= 11 is 5.41. The van der Waals surface area contributed by atoms with Gasteiger partial charge in [-0.25, -0.2) is 4.98 Å². The Balaban J connectivity index is 1.32. The van der Waals surface area contributed by atoms with E-state index >= 15 is 0 Å². The highest BCUT2D eigenvalue weighted by atomic mass is 32.1. The monoisotopic (exact) mass is 535 g/mol. The maximum absolute atomic E-state index is 13.3. The lowest BCUT2D eigenvalue weighted by molar-refractivity contribution is 0.101. The van der Waals surface area contributed by atoms with Crippen LogP contribution in [0.2, 0.25) is 0 Å². The van der Waals surface area contributed by atoms with Crippen molar-refractivity contribution in [2.45, 2.75) is 6.92 Å². The van der Waals surface area contributed by atoms with Gasteiger partial charge in [-0.05, 0) is 79.8 Å². The third kappa shape index (κ3) is 5.94. The molecule has 3 N–H and O–H groups in total. The zero-order chi connectivity index (χ0) is 27.2. The Morgan fingerprint density at radius 1 is 0.846 bits per heavy atom. The van der Waals surface area contributed by atoms with Crippen LogP contribution in [0.5, 0.6) is 5.75 Å². The lowest BCUT2D eigenvalue weighted by Gasteiger charge is -2.15. The van der Waals surface area contributed by atoms with E-state index in [2.05, 4.69) is 21.0 Å². The lowest BCUT2D eigenvalue weighted by atomic mass is 10.2. The van der Waals surface area contributed by atoms with Crippen molar-refractivity contribution >= 4 is 45.5 Å². The predicted molar refractivity (Wildman–Crippen MR) is 159 cm³/mol. The first kappa shape index (κ1) is 25.6. The third-order valence-corrected chi connectivity index (χ3v) is 6.05. The molecule has 0 atom stereocenters. The number of fused-ring (bicyclic) bond motifs is 1. The number of aromatic nitrogens is 2. The van der Waals surface area contributed by atoms with Crippen LogP contribution in [0.15, 0.2) is 108 Å². The normalized spacial score (nSPS) is 10.6. The predicted octanol–water partition coefficient (Wildman–Crippen LogP) is 5.66. The minimum absolute atomic E-state index is 0.344. The first-order valence-electron chi connectivity index (χ1n) is 12.3. The van der Waals surface area contributed by atoms with E-state index in [1.54, 1.807) is 42.5 Å². The van der Waals surface area contributed by atoms with Gasteiger partial charge >= 0.3 is 0 Å². The van der Waals surface area contributed by atoms with Gasteiger partial charge in [0.1, 0.15) is 5.75 Å². The quantitative estimate of drug-likeness (QED) is 0.232. The number of para-hydroxylation sites is 1. The van der Waals surface area contributed by atoms with Gasteiger partial charge in [0, 0.05) is 22.5 Å². The van der Waals surface area contributed by atoms with E-state index in [0.29, 0.717) is 45.3 Å². The maximum atomic E-state index is 13.3. The summed E-state index contributed by atoms with van der Waals surface area (Å²) in [5.74, 6) is 0.679. The Morgan fingerprint density at radius 3 is 2.13 bits per heavy atom. The Hall–Kier alpha value is -5.02. The number of benzene rings is 4. The molecule has 0 aliphatic heterocycles. The number of carbonyl (C=O) groups excluding carboxylic acids is 1. The van der Waals surface area contributed by atoms with Crippen LogP contribution < -0.4 is 26.4 Å². The van der Waals surface area contributed by atoms with Crippen LogP contribution >= 0.6 is 12.2 Å². The Kier molecular flexibility index (Phi) is 7.60. The van der Waals surface area contributed by atoms with Gasteiger partial charge in [0.15, 0.2) is 10.9 Å². The Morgan fingerprint density at radius 2 is 1.46 bits per heavy atom. The fourth-order valence-corrected chi connectivity index (χ4v) is 4.22. The molecule has 0 fully saturated rings. The molecule has 9 heteroatoms. The molecule has 0 saturated heterocycles. The number of rotatable bonds is 7. The number of nitrogens with zero attached hydrogens (tertiary/aromatic N) is 2. The molecule has 0 aliphatic rings. The molecule has 0 unspecified atom stereocenters. The summed E-state index contributed by atoms with van der Waals surface area (Å²) in [6.07, 6.45) is 0. The number of hydrogen-bond donors (Lipinski definition) is 3. The number of thiocarbonyl (C=S) groups is 1. The van der Waals surface area contributed by atoms with Crippen LogP contribution in [0.25, 0.3) is 22.3 Å². The SMILES string of the molecule is CCOc1ccc(NC(=S)Nc2ccc(C(=O)Nn3c(-c4ccccc4)nc4ccccc4c3=O)cc2)cc1. The van der Waals surface area contributed by atoms with E-state index in [-0.39, 0.29) is 5.56 Å². The number of nitrogens with one attached hydrogen (secondary N) is 3. The highest BCUT2D eigenvalue weighted by Gasteiger charge is 2.16. The average molecular weight is 536 g/mol. The van der Waals surface area contributed by atoms with Crippen molar-refractivity contribution in [2.75, 3.05) is 22.7 Å². The summed E-state index contributed by atoms with van der Waals surface area (Å²) in [6, 6.07) is 30.5. The molecule has 5 aromatic rings. The number of hydrogen-bond acceptors (Lipinski definition) is 5. The Labute approximate surface area is 230 Å². The van der Waals surface area contributed by atoms with Crippen molar-refractivity contribution in [2.24, 2.45) is 0 Å². The highest BCUT2D eigenvalue weighted by molar-refractivity contribution is 7.80. The van der Waals surface area contributed by atoms with Gasteiger partial charge < -0.3 is 15.4 Å². The highest BCUT2D eigenvalue weighted by Crippen LogP contribution is 2.19. The van der Waals surface area contributed by atoms with Gasteiger partial charge in [-0.15, -0.1) is 0 Å². The molecule has 0 spiro atoms. The second-order valence-corrected chi connectivity index (χ2v) is 8.92. The third-order valence-electron chi connectivity index (χ3n) is 5.85. The molecule has 4 aromatic carbocycles. The molecule has 1 aromatic heterocycles. The molecular formula is C30H25N5O3S. The van der Waals surface area contributed by atoms with Crippen molar-refractivity contribution in [3.63, 3.8) is 0 Å². The first-order valence-corrected chi connectivity index (χ1v) is 12.7. The number of amides is 1. The summed E-state index contributed by atoms with van der Waals surface area (Å²) in [7, 11) is 0. The van der Waals surface area contributed by atoms with Crippen molar-refractivity contribution < 1.29 is 9.53 Å². The van der Waals surface area contributed by atoms with E-state index in [1.165, 1.54) is 4.68 Å². The van der Waals surface area contributed by atoms with Crippen molar-refractivity contribution in [1.29, 1.82) is 0 Å². The molecule has 0 bridgehead atoms. The molecule has 1 amide bonds.